The zero-order valence-electron chi connectivity index (χ0n) is 11.0. The van der Waals surface area contributed by atoms with Crippen molar-refractivity contribution in [3.8, 4) is 0 Å². The summed E-state index contributed by atoms with van der Waals surface area (Å²) in [6, 6.07) is 2.24. The molecule has 0 amide bonds. The van der Waals surface area contributed by atoms with Crippen LogP contribution in [0, 0.1) is 18.8 Å². The van der Waals surface area contributed by atoms with Gasteiger partial charge in [0.05, 0.1) is 0 Å². The summed E-state index contributed by atoms with van der Waals surface area (Å²) in [6.07, 6.45) is 10.4. The Labute approximate surface area is 105 Å². The first-order valence-electron chi connectivity index (χ1n) is 6.88. The molecule has 17 heavy (non-hydrogen) atoms. The SMILES string of the molecule is CCC1CCC(C(N)c2cnccc2C)CC1. The molecule has 94 valence electrons. The van der Waals surface area contributed by atoms with Crippen LogP contribution in [0.15, 0.2) is 18.5 Å². The molecule has 1 aromatic heterocycles. The fraction of sp³-hybridized carbons (Fsp3) is 0.667. The minimum Gasteiger partial charge on any atom is -0.324 e. The van der Waals surface area contributed by atoms with E-state index in [1.807, 2.05) is 12.4 Å². The van der Waals surface area contributed by atoms with E-state index in [2.05, 4.69) is 24.9 Å². The van der Waals surface area contributed by atoms with E-state index in [0.29, 0.717) is 5.92 Å². The van der Waals surface area contributed by atoms with E-state index in [-0.39, 0.29) is 6.04 Å². The average molecular weight is 232 g/mol. The molecule has 0 saturated heterocycles. The van der Waals surface area contributed by atoms with Crippen LogP contribution in [0.2, 0.25) is 0 Å². The summed E-state index contributed by atoms with van der Waals surface area (Å²) < 4.78 is 0. The molecule has 1 saturated carbocycles. The van der Waals surface area contributed by atoms with Crippen LogP contribution in [0.3, 0.4) is 0 Å². The number of nitrogens with zero attached hydrogens (tertiary/aromatic N) is 1. The maximum atomic E-state index is 6.42. The van der Waals surface area contributed by atoms with Gasteiger partial charge < -0.3 is 5.73 Å². The molecule has 0 radical (unpaired) electrons. The van der Waals surface area contributed by atoms with E-state index in [9.17, 15) is 0 Å². The smallest absolute Gasteiger partial charge is 0.0341 e. The third-order valence-electron chi connectivity index (χ3n) is 4.42. The van der Waals surface area contributed by atoms with E-state index in [1.165, 1.54) is 43.2 Å². The van der Waals surface area contributed by atoms with Crippen LogP contribution in [0.4, 0.5) is 0 Å². The molecule has 1 atom stereocenters. The fourth-order valence-electron chi connectivity index (χ4n) is 3.03. The van der Waals surface area contributed by atoms with E-state index >= 15 is 0 Å². The topological polar surface area (TPSA) is 38.9 Å². The van der Waals surface area contributed by atoms with E-state index < -0.39 is 0 Å². The summed E-state index contributed by atoms with van der Waals surface area (Å²) in [7, 11) is 0. The fourth-order valence-corrected chi connectivity index (χ4v) is 3.03. The first kappa shape index (κ1) is 12.6. The van der Waals surface area contributed by atoms with Crippen molar-refractivity contribution in [1.29, 1.82) is 0 Å². The summed E-state index contributed by atoms with van der Waals surface area (Å²) in [4.78, 5) is 4.21. The van der Waals surface area contributed by atoms with Crippen LogP contribution in [-0.2, 0) is 0 Å². The maximum absolute atomic E-state index is 6.42. The van der Waals surface area contributed by atoms with Crippen molar-refractivity contribution in [2.75, 3.05) is 0 Å². The number of aryl methyl sites for hydroxylation is 1. The van der Waals surface area contributed by atoms with Gasteiger partial charge >= 0.3 is 0 Å². The molecule has 1 aliphatic rings. The van der Waals surface area contributed by atoms with Gasteiger partial charge in [-0.25, -0.2) is 0 Å². The van der Waals surface area contributed by atoms with E-state index in [0.717, 1.165) is 5.92 Å². The molecule has 1 unspecified atom stereocenters. The molecule has 2 nitrogen and oxygen atoms in total. The Hall–Kier alpha value is -0.890. The predicted octanol–water partition coefficient (Wildman–Crippen LogP) is 3.61. The molecule has 2 heteroatoms. The molecule has 1 aromatic rings. The van der Waals surface area contributed by atoms with Crippen LogP contribution in [0.5, 0.6) is 0 Å². The lowest BCUT2D eigenvalue weighted by Gasteiger charge is -2.32. The highest BCUT2D eigenvalue weighted by Crippen LogP contribution is 2.37. The zero-order chi connectivity index (χ0) is 12.3. The van der Waals surface area contributed by atoms with Crippen LogP contribution < -0.4 is 5.73 Å². The van der Waals surface area contributed by atoms with Gasteiger partial charge in [0, 0.05) is 18.4 Å². The van der Waals surface area contributed by atoms with Crippen molar-refractivity contribution in [3.05, 3.63) is 29.6 Å². The summed E-state index contributed by atoms with van der Waals surface area (Å²) in [6.45, 7) is 4.44. The second kappa shape index (κ2) is 5.63. The van der Waals surface area contributed by atoms with Gasteiger partial charge in [-0.1, -0.05) is 26.2 Å². The van der Waals surface area contributed by atoms with Crippen LogP contribution in [0.25, 0.3) is 0 Å². The highest BCUT2D eigenvalue weighted by molar-refractivity contribution is 5.25. The van der Waals surface area contributed by atoms with Gasteiger partial charge in [-0.05, 0) is 48.8 Å². The largest absolute Gasteiger partial charge is 0.324 e. The predicted molar refractivity (Wildman–Crippen MR) is 71.6 cm³/mol. The summed E-state index contributed by atoms with van der Waals surface area (Å²) in [5, 5.41) is 0. The van der Waals surface area contributed by atoms with Crippen molar-refractivity contribution in [2.45, 2.75) is 52.0 Å². The Morgan fingerprint density at radius 2 is 2.06 bits per heavy atom. The standard InChI is InChI=1S/C15H24N2/c1-3-12-4-6-13(7-5-12)15(16)14-10-17-9-8-11(14)2/h8-10,12-13,15H,3-7,16H2,1-2H3. The number of hydrogen-bond donors (Lipinski definition) is 1. The Morgan fingerprint density at radius 1 is 1.35 bits per heavy atom. The molecule has 0 bridgehead atoms. The normalized spacial score (nSPS) is 26.8. The third kappa shape index (κ3) is 2.86. The molecular weight excluding hydrogens is 208 g/mol. The Balaban J connectivity index is 2.02. The Kier molecular flexibility index (Phi) is 4.16. The summed E-state index contributed by atoms with van der Waals surface area (Å²) in [5.41, 5.74) is 8.94. The highest BCUT2D eigenvalue weighted by atomic mass is 14.7. The van der Waals surface area contributed by atoms with Crippen molar-refractivity contribution >= 4 is 0 Å². The monoisotopic (exact) mass is 232 g/mol. The van der Waals surface area contributed by atoms with Gasteiger partial charge in [-0.3, -0.25) is 4.98 Å². The minimum absolute atomic E-state index is 0.182. The summed E-state index contributed by atoms with van der Waals surface area (Å²) in [5.74, 6) is 1.59. The average Bonchev–Trinajstić information content (AvgIpc) is 2.39. The van der Waals surface area contributed by atoms with E-state index in [1.54, 1.807) is 0 Å². The molecule has 0 spiro atoms. The zero-order valence-corrected chi connectivity index (χ0v) is 11.0. The molecule has 1 aliphatic carbocycles. The van der Waals surface area contributed by atoms with Crippen molar-refractivity contribution in [3.63, 3.8) is 0 Å². The summed E-state index contributed by atoms with van der Waals surface area (Å²) >= 11 is 0. The van der Waals surface area contributed by atoms with Crippen LogP contribution in [-0.4, -0.2) is 4.98 Å². The number of pyridine rings is 1. The van der Waals surface area contributed by atoms with Crippen LogP contribution in [0.1, 0.15) is 56.2 Å². The lowest BCUT2D eigenvalue weighted by molar-refractivity contribution is 0.239. The maximum Gasteiger partial charge on any atom is 0.0341 e. The van der Waals surface area contributed by atoms with Gasteiger partial charge in [-0.15, -0.1) is 0 Å². The first-order valence-corrected chi connectivity index (χ1v) is 6.88. The molecule has 2 rings (SSSR count). The first-order chi connectivity index (χ1) is 8.22. The van der Waals surface area contributed by atoms with Gasteiger partial charge in [0.1, 0.15) is 0 Å². The van der Waals surface area contributed by atoms with Gasteiger partial charge in [0.15, 0.2) is 0 Å². The molecular formula is C15H24N2. The number of hydrogen-bond acceptors (Lipinski definition) is 2. The number of nitrogens with two attached hydrogens (primary N) is 1. The molecule has 1 fully saturated rings. The van der Waals surface area contributed by atoms with Crippen molar-refractivity contribution in [1.82, 2.24) is 4.98 Å². The van der Waals surface area contributed by atoms with Crippen molar-refractivity contribution < 1.29 is 0 Å². The Bertz CT molecular complexity index is 354. The third-order valence-corrected chi connectivity index (χ3v) is 4.42. The molecule has 2 N–H and O–H groups in total. The Morgan fingerprint density at radius 3 is 2.65 bits per heavy atom. The van der Waals surface area contributed by atoms with Gasteiger partial charge in [0.25, 0.3) is 0 Å². The minimum atomic E-state index is 0.182. The molecule has 1 heterocycles. The van der Waals surface area contributed by atoms with Gasteiger partial charge in [0.2, 0.25) is 0 Å². The van der Waals surface area contributed by atoms with E-state index in [4.69, 9.17) is 5.73 Å². The highest BCUT2D eigenvalue weighted by Gasteiger charge is 2.26. The van der Waals surface area contributed by atoms with Crippen molar-refractivity contribution in [2.24, 2.45) is 17.6 Å². The van der Waals surface area contributed by atoms with Gasteiger partial charge in [-0.2, -0.15) is 0 Å². The lowest BCUT2D eigenvalue weighted by Crippen LogP contribution is -2.26. The lowest BCUT2D eigenvalue weighted by atomic mass is 9.76. The number of aromatic nitrogens is 1. The second-order valence-corrected chi connectivity index (χ2v) is 5.45. The quantitative estimate of drug-likeness (QED) is 0.864. The number of rotatable bonds is 3. The second-order valence-electron chi connectivity index (χ2n) is 5.45. The molecule has 0 aliphatic heterocycles. The molecule has 0 aromatic carbocycles. The van der Waals surface area contributed by atoms with Crippen LogP contribution >= 0.6 is 0 Å².